The van der Waals surface area contributed by atoms with E-state index in [2.05, 4.69) is 15.5 Å². The Hall–Kier alpha value is -2.95. The smallest absolute Gasteiger partial charge is 0.308 e. The van der Waals surface area contributed by atoms with Crippen LogP contribution in [0.25, 0.3) is 15.9 Å². The number of carbonyl (C=O) groups is 1. The molecule has 0 spiro atoms. The Morgan fingerprint density at radius 1 is 1.15 bits per heavy atom. The van der Waals surface area contributed by atoms with Crippen molar-refractivity contribution < 1.29 is 9.53 Å². The zero-order valence-corrected chi connectivity index (χ0v) is 19.5. The van der Waals surface area contributed by atoms with Crippen molar-refractivity contribution >= 4 is 39.2 Å². The van der Waals surface area contributed by atoms with Crippen LogP contribution in [-0.4, -0.2) is 50.2 Å². The zero-order valence-electron chi connectivity index (χ0n) is 17.8. The van der Waals surface area contributed by atoms with E-state index in [1.54, 1.807) is 4.57 Å². The summed E-state index contributed by atoms with van der Waals surface area (Å²) in [7, 11) is 0. The van der Waals surface area contributed by atoms with E-state index >= 15 is 0 Å². The standard InChI is InChI=1S/C23H23N5O3S2/c29-21(24-13-17-9-6-12-31-17)15-32-22-26-25-20(28(22)16-7-2-1-3-8-16)14-27-18-10-4-5-11-19(18)33-23(27)30/h1-5,7-8,10-11,17H,6,9,12-15H2,(H,24,29)/t17-/m0/s1. The molecule has 0 radical (unpaired) electrons. The fraction of sp³-hybridized carbons (Fsp3) is 0.304. The van der Waals surface area contributed by atoms with Crippen molar-refractivity contribution in [3.63, 3.8) is 0 Å². The van der Waals surface area contributed by atoms with Crippen molar-refractivity contribution in [2.75, 3.05) is 18.9 Å². The summed E-state index contributed by atoms with van der Waals surface area (Å²) in [5.74, 6) is 0.785. The zero-order chi connectivity index (χ0) is 22.6. The van der Waals surface area contributed by atoms with Crippen LogP contribution >= 0.6 is 23.1 Å². The largest absolute Gasteiger partial charge is 0.376 e. The summed E-state index contributed by atoms with van der Waals surface area (Å²) in [6.45, 7) is 1.58. The summed E-state index contributed by atoms with van der Waals surface area (Å²) in [5, 5.41) is 12.3. The Balaban J connectivity index is 1.38. The van der Waals surface area contributed by atoms with Gasteiger partial charge in [-0.2, -0.15) is 0 Å². The van der Waals surface area contributed by atoms with Crippen LogP contribution in [0.4, 0.5) is 0 Å². The van der Waals surface area contributed by atoms with Crippen LogP contribution in [0.3, 0.4) is 0 Å². The van der Waals surface area contributed by atoms with Crippen molar-refractivity contribution in [2.45, 2.75) is 30.6 Å². The molecular weight excluding hydrogens is 458 g/mol. The van der Waals surface area contributed by atoms with Crippen molar-refractivity contribution in [1.82, 2.24) is 24.6 Å². The summed E-state index contributed by atoms with van der Waals surface area (Å²) >= 11 is 2.54. The van der Waals surface area contributed by atoms with Gasteiger partial charge in [0.25, 0.3) is 0 Å². The lowest BCUT2D eigenvalue weighted by Crippen LogP contribution is -2.32. The van der Waals surface area contributed by atoms with Gasteiger partial charge in [-0.05, 0) is 37.1 Å². The molecule has 1 fully saturated rings. The first kappa shape index (κ1) is 21.9. The second-order valence-corrected chi connectivity index (χ2v) is 9.66. The molecule has 10 heteroatoms. The number of nitrogens with one attached hydrogen (secondary N) is 1. The molecule has 1 saturated heterocycles. The van der Waals surface area contributed by atoms with Gasteiger partial charge in [0.15, 0.2) is 11.0 Å². The number of hydrogen-bond donors (Lipinski definition) is 1. The van der Waals surface area contributed by atoms with Crippen LogP contribution < -0.4 is 10.2 Å². The van der Waals surface area contributed by atoms with E-state index in [1.165, 1.54) is 23.1 Å². The number of hydrogen-bond acceptors (Lipinski definition) is 7. The van der Waals surface area contributed by atoms with Gasteiger partial charge in [0, 0.05) is 18.8 Å². The van der Waals surface area contributed by atoms with E-state index in [0.717, 1.165) is 35.4 Å². The third-order valence-electron chi connectivity index (χ3n) is 5.47. The molecule has 2 aromatic heterocycles. The number of amides is 1. The number of fused-ring (bicyclic) bond motifs is 1. The number of nitrogens with zero attached hydrogens (tertiary/aromatic N) is 4. The fourth-order valence-corrected chi connectivity index (χ4v) is 5.54. The summed E-state index contributed by atoms with van der Waals surface area (Å²) in [6, 6.07) is 17.5. The number of rotatable bonds is 8. The molecular formula is C23H23N5O3S2. The SMILES string of the molecule is O=C(CSc1nnc(Cn2c(=O)sc3ccccc32)n1-c1ccccc1)NC[C@@H]1CCCO1. The Kier molecular flexibility index (Phi) is 6.56. The number of carbonyl (C=O) groups excluding carboxylic acids is 1. The highest BCUT2D eigenvalue weighted by Crippen LogP contribution is 2.24. The Morgan fingerprint density at radius 3 is 2.79 bits per heavy atom. The first-order valence-corrected chi connectivity index (χ1v) is 12.6. The highest BCUT2D eigenvalue weighted by Gasteiger charge is 2.19. The number of aromatic nitrogens is 4. The normalized spacial score (nSPS) is 15.8. The minimum atomic E-state index is -0.0697. The van der Waals surface area contributed by atoms with Gasteiger partial charge in [-0.15, -0.1) is 10.2 Å². The molecule has 1 N–H and O–H groups in total. The van der Waals surface area contributed by atoms with Gasteiger partial charge in [-0.3, -0.25) is 18.7 Å². The second-order valence-electron chi connectivity index (χ2n) is 7.72. The van der Waals surface area contributed by atoms with Gasteiger partial charge in [0.2, 0.25) is 5.91 Å². The Bertz CT molecular complexity index is 1310. The number of para-hydroxylation sites is 2. The molecule has 4 aromatic rings. The summed E-state index contributed by atoms with van der Waals surface area (Å²) < 4.78 is 10.1. The minimum Gasteiger partial charge on any atom is -0.376 e. The highest BCUT2D eigenvalue weighted by atomic mass is 32.2. The van der Waals surface area contributed by atoms with Crippen molar-refractivity contribution in [3.05, 3.63) is 70.1 Å². The molecule has 33 heavy (non-hydrogen) atoms. The maximum absolute atomic E-state index is 12.6. The quantitative estimate of drug-likeness (QED) is 0.389. The monoisotopic (exact) mass is 481 g/mol. The minimum absolute atomic E-state index is 0.0403. The summed E-state index contributed by atoms with van der Waals surface area (Å²) in [4.78, 5) is 25.0. The van der Waals surface area contributed by atoms with Crippen molar-refractivity contribution in [2.24, 2.45) is 0 Å². The van der Waals surface area contributed by atoms with Crippen LogP contribution in [0.2, 0.25) is 0 Å². The average molecular weight is 482 g/mol. The number of ether oxygens (including phenoxy) is 1. The van der Waals surface area contributed by atoms with Gasteiger partial charge < -0.3 is 10.1 Å². The van der Waals surface area contributed by atoms with Crippen LogP contribution in [0.5, 0.6) is 0 Å². The molecule has 5 rings (SSSR count). The van der Waals surface area contributed by atoms with Crippen LogP contribution in [0.15, 0.2) is 64.5 Å². The predicted octanol–water partition coefficient (Wildman–Crippen LogP) is 3.08. The molecule has 1 aliphatic rings. The van der Waals surface area contributed by atoms with E-state index in [9.17, 15) is 9.59 Å². The van der Waals surface area contributed by atoms with Crippen LogP contribution in [0, 0.1) is 0 Å². The molecule has 1 amide bonds. The topological polar surface area (TPSA) is 91.0 Å². The van der Waals surface area contributed by atoms with Gasteiger partial charge in [0.1, 0.15) is 0 Å². The molecule has 0 aliphatic carbocycles. The van der Waals surface area contributed by atoms with E-state index in [0.29, 0.717) is 17.5 Å². The lowest BCUT2D eigenvalue weighted by atomic mass is 10.2. The van der Waals surface area contributed by atoms with E-state index in [1.807, 2.05) is 59.2 Å². The van der Waals surface area contributed by atoms with E-state index in [-0.39, 0.29) is 29.2 Å². The van der Waals surface area contributed by atoms with Crippen molar-refractivity contribution in [1.29, 1.82) is 0 Å². The van der Waals surface area contributed by atoms with Gasteiger partial charge in [-0.25, -0.2) is 0 Å². The van der Waals surface area contributed by atoms with Gasteiger partial charge in [0.05, 0.1) is 28.6 Å². The Morgan fingerprint density at radius 2 is 1.97 bits per heavy atom. The fourth-order valence-electron chi connectivity index (χ4n) is 3.85. The lowest BCUT2D eigenvalue weighted by Gasteiger charge is -2.12. The average Bonchev–Trinajstić information content (AvgIpc) is 3.57. The maximum atomic E-state index is 12.6. The number of thioether (sulfide) groups is 1. The summed E-state index contributed by atoms with van der Waals surface area (Å²) in [5.41, 5.74) is 1.75. The molecule has 1 atom stereocenters. The van der Waals surface area contributed by atoms with E-state index in [4.69, 9.17) is 4.74 Å². The third kappa shape index (κ3) is 4.87. The molecule has 0 bridgehead atoms. The first-order chi connectivity index (χ1) is 16.2. The number of benzene rings is 2. The molecule has 0 unspecified atom stereocenters. The molecule has 2 aromatic carbocycles. The number of thiazole rings is 1. The molecule has 170 valence electrons. The van der Waals surface area contributed by atoms with Gasteiger partial charge in [-0.1, -0.05) is 53.4 Å². The third-order valence-corrected chi connectivity index (χ3v) is 7.36. The highest BCUT2D eigenvalue weighted by molar-refractivity contribution is 7.99. The molecule has 1 aliphatic heterocycles. The van der Waals surface area contributed by atoms with Crippen molar-refractivity contribution in [3.8, 4) is 5.69 Å². The Labute approximate surface area is 198 Å². The maximum Gasteiger partial charge on any atom is 0.308 e. The summed E-state index contributed by atoms with van der Waals surface area (Å²) in [6.07, 6.45) is 2.13. The second kappa shape index (κ2) is 9.90. The van der Waals surface area contributed by atoms with Crippen LogP contribution in [0.1, 0.15) is 18.7 Å². The van der Waals surface area contributed by atoms with Crippen LogP contribution in [-0.2, 0) is 16.1 Å². The van der Waals surface area contributed by atoms with Gasteiger partial charge >= 0.3 is 4.87 Å². The lowest BCUT2D eigenvalue weighted by molar-refractivity contribution is -0.119. The molecule has 0 saturated carbocycles. The van der Waals surface area contributed by atoms with E-state index < -0.39 is 0 Å². The molecule has 3 heterocycles. The predicted molar refractivity (Wildman–Crippen MR) is 129 cm³/mol. The molecule has 8 nitrogen and oxygen atoms in total. The first-order valence-electron chi connectivity index (χ1n) is 10.8.